The minimum Gasteiger partial charge on any atom is -0.389 e. The summed E-state index contributed by atoms with van der Waals surface area (Å²) < 4.78 is 2.60. The van der Waals surface area contributed by atoms with Crippen LogP contribution in [-0.2, 0) is 22.7 Å². The first-order chi connectivity index (χ1) is 16.7. The first-order valence-electron chi connectivity index (χ1n) is 11.6. The van der Waals surface area contributed by atoms with Crippen molar-refractivity contribution in [2.45, 2.75) is 64.1 Å². The zero-order valence-electron chi connectivity index (χ0n) is 20.5. The Labute approximate surface area is 206 Å². The van der Waals surface area contributed by atoms with Gasteiger partial charge in [-0.05, 0) is 39.8 Å². The molecule has 36 heavy (non-hydrogen) atoms. The fourth-order valence-corrected chi connectivity index (χ4v) is 4.55. The van der Waals surface area contributed by atoms with Crippen LogP contribution >= 0.6 is 0 Å². The van der Waals surface area contributed by atoms with Gasteiger partial charge in [0.1, 0.15) is 11.1 Å². The third-order valence-electron chi connectivity index (χ3n) is 6.39. The van der Waals surface area contributed by atoms with Gasteiger partial charge in [-0.3, -0.25) is 28.5 Å². The molecule has 13 nitrogen and oxygen atoms in total. The van der Waals surface area contributed by atoms with Crippen LogP contribution in [-0.4, -0.2) is 89.4 Å². The van der Waals surface area contributed by atoms with Gasteiger partial charge < -0.3 is 20.8 Å². The number of aliphatic hydroxyl groups is 2. The summed E-state index contributed by atoms with van der Waals surface area (Å²) in [6.07, 6.45) is -2.47. The molecule has 0 spiro atoms. The van der Waals surface area contributed by atoms with Crippen LogP contribution in [0.25, 0.3) is 11.0 Å². The van der Waals surface area contributed by atoms with Crippen LogP contribution in [0.1, 0.15) is 27.7 Å². The van der Waals surface area contributed by atoms with Crippen molar-refractivity contribution in [1.29, 1.82) is 0 Å². The lowest BCUT2D eigenvalue weighted by Gasteiger charge is -2.20. The van der Waals surface area contributed by atoms with Crippen LogP contribution in [0.3, 0.4) is 0 Å². The van der Waals surface area contributed by atoms with Crippen molar-refractivity contribution in [3.63, 3.8) is 0 Å². The number of nitrogens with zero attached hydrogens (tertiary/aromatic N) is 4. The molecule has 0 bridgehead atoms. The maximum atomic E-state index is 13.3. The van der Waals surface area contributed by atoms with Gasteiger partial charge in [0.15, 0.2) is 0 Å². The van der Waals surface area contributed by atoms with Gasteiger partial charge in [-0.15, -0.1) is 0 Å². The summed E-state index contributed by atoms with van der Waals surface area (Å²) in [7, 11) is 0. The number of carbonyl (C=O) groups excluding carboxylic acids is 4. The molecule has 2 aliphatic heterocycles. The molecule has 6 amide bonds. The fourth-order valence-electron chi connectivity index (χ4n) is 4.55. The second kappa shape index (κ2) is 8.75. The molecule has 4 N–H and O–H groups in total. The van der Waals surface area contributed by atoms with Gasteiger partial charge in [0.2, 0.25) is 0 Å². The summed E-state index contributed by atoms with van der Waals surface area (Å²) in [6, 6.07) is 5.52. The lowest BCUT2D eigenvalue weighted by molar-refractivity contribution is -0.131. The monoisotopic (exact) mass is 502 g/mol. The van der Waals surface area contributed by atoms with E-state index in [2.05, 4.69) is 10.6 Å². The molecule has 4 rings (SSSR count). The average molecular weight is 503 g/mol. The van der Waals surface area contributed by atoms with Crippen LogP contribution in [0.4, 0.5) is 9.59 Å². The van der Waals surface area contributed by atoms with Gasteiger partial charge >= 0.3 is 17.8 Å². The Morgan fingerprint density at radius 3 is 1.36 bits per heavy atom. The molecule has 13 heteroatoms. The minimum absolute atomic E-state index is 0.207. The molecule has 1 aromatic heterocycles. The van der Waals surface area contributed by atoms with E-state index in [9.17, 15) is 34.2 Å². The van der Waals surface area contributed by atoms with Crippen molar-refractivity contribution >= 4 is 34.9 Å². The zero-order valence-corrected chi connectivity index (χ0v) is 20.5. The van der Waals surface area contributed by atoms with Gasteiger partial charge in [-0.25, -0.2) is 14.4 Å². The van der Waals surface area contributed by atoms with E-state index in [0.717, 1.165) is 9.80 Å². The Morgan fingerprint density at radius 2 is 1.06 bits per heavy atom. The minimum atomic E-state index is -1.23. The van der Waals surface area contributed by atoms with E-state index < -0.39 is 52.9 Å². The highest BCUT2D eigenvalue weighted by Gasteiger charge is 2.45. The molecule has 194 valence electrons. The maximum Gasteiger partial charge on any atom is 0.329 e. The summed E-state index contributed by atoms with van der Waals surface area (Å²) >= 11 is 0. The molecular weight excluding hydrogens is 472 g/mol. The number of aromatic nitrogens is 2. The van der Waals surface area contributed by atoms with Crippen LogP contribution in [0.2, 0.25) is 0 Å². The maximum absolute atomic E-state index is 13.3. The first kappa shape index (κ1) is 25.4. The Balaban J connectivity index is 1.54. The predicted molar refractivity (Wildman–Crippen MR) is 127 cm³/mol. The third-order valence-corrected chi connectivity index (χ3v) is 6.39. The van der Waals surface area contributed by atoms with Crippen molar-refractivity contribution in [2.24, 2.45) is 0 Å². The van der Waals surface area contributed by atoms with Gasteiger partial charge in [0, 0.05) is 0 Å². The predicted octanol–water partition coefficient (Wildman–Crippen LogP) is -0.814. The van der Waals surface area contributed by atoms with E-state index in [1.165, 1.54) is 9.13 Å². The van der Waals surface area contributed by atoms with Crippen molar-refractivity contribution < 1.29 is 29.4 Å². The number of imide groups is 2. The number of rotatable bonds is 8. The highest BCUT2D eigenvalue weighted by atomic mass is 16.3. The number of benzene rings is 1. The first-order valence-corrected chi connectivity index (χ1v) is 11.6. The van der Waals surface area contributed by atoms with Crippen LogP contribution < -0.4 is 16.3 Å². The van der Waals surface area contributed by atoms with Gasteiger partial charge in [-0.2, -0.15) is 0 Å². The van der Waals surface area contributed by atoms with Gasteiger partial charge in [0.05, 0.1) is 49.4 Å². The topological polar surface area (TPSA) is 166 Å². The number of fused-ring (bicyclic) bond motifs is 1. The molecule has 0 aliphatic carbocycles. The normalized spacial score (nSPS) is 20.7. The van der Waals surface area contributed by atoms with E-state index in [1.807, 2.05) is 0 Å². The Hall–Kier alpha value is -3.71. The van der Waals surface area contributed by atoms with Crippen LogP contribution in [0.15, 0.2) is 29.1 Å². The highest BCUT2D eigenvalue weighted by Crippen LogP contribution is 2.20. The number of imidazole rings is 1. The second-order valence-electron chi connectivity index (χ2n) is 10.2. The smallest absolute Gasteiger partial charge is 0.329 e. The summed E-state index contributed by atoms with van der Waals surface area (Å²) in [4.78, 5) is 64.3. The van der Waals surface area contributed by atoms with Crippen molar-refractivity contribution in [3.8, 4) is 0 Å². The van der Waals surface area contributed by atoms with E-state index >= 15 is 0 Å². The molecule has 2 atom stereocenters. The van der Waals surface area contributed by atoms with E-state index in [1.54, 1.807) is 52.0 Å². The second-order valence-corrected chi connectivity index (χ2v) is 10.2. The van der Waals surface area contributed by atoms with E-state index in [0.29, 0.717) is 11.0 Å². The standard InChI is InChI=1S/C23H30N6O7/c1-22(2)17(32)28(19(34)24-22)11-13(30)9-26-15-7-5-6-8-16(15)27(21(26)36)10-14(31)12-29-18(33)23(3,4)25-20(29)35/h5-8,13-14,30-31H,9-12H2,1-4H3,(H,24,34)(H,25,35)/t13-,14-/m1/s1. The Kier molecular flexibility index (Phi) is 6.17. The number of hydrogen-bond acceptors (Lipinski definition) is 7. The van der Waals surface area contributed by atoms with Crippen molar-refractivity contribution in [1.82, 2.24) is 29.6 Å². The number of carbonyl (C=O) groups is 4. The molecule has 1 aromatic carbocycles. The molecular formula is C23H30N6O7. The Morgan fingerprint density at radius 1 is 0.694 bits per heavy atom. The summed E-state index contributed by atoms with van der Waals surface area (Å²) in [5, 5.41) is 26.4. The van der Waals surface area contributed by atoms with Gasteiger partial charge in [-0.1, -0.05) is 12.1 Å². The summed E-state index contributed by atoms with van der Waals surface area (Å²) in [6.45, 7) is 5.22. The summed E-state index contributed by atoms with van der Waals surface area (Å²) in [5.41, 5.74) is -1.75. The largest absolute Gasteiger partial charge is 0.389 e. The number of hydrogen-bond donors (Lipinski definition) is 4. The molecule has 0 saturated carbocycles. The number of amides is 6. The lowest BCUT2D eigenvalue weighted by Crippen LogP contribution is -2.43. The molecule has 2 aliphatic rings. The van der Waals surface area contributed by atoms with Crippen LogP contribution in [0, 0.1) is 0 Å². The molecule has 2 saturated heterocycles. The zero-order chi connectivity index (χ0) is 26.6. The number of aliphatic hydroxyl groups excluding tert-OH is 2. The lowest BCUT2D eigenvalue weighted by atomic mass is 10.1. The quantitative estimate of drug-likeness (QED) is 0.342. The number of β-amino-alcohol motifs (C(OH)–C–C–N with tert-alkyl or cyclic N) is 2. The Bertz CT molecular complexity index is 1210. The molecule has 0 radical (unpaired) electrons. The third kappa shape index (κ3) is 4.35. The van der Waals surface area contributed by atoms with Gasteiger partial charge in [0.25, 0.3) is 11.8 Å². The van der Waals surface area contributed by atoms with E-state index in [-0.39, 0.29) is 26.2 Å². The molecule has 0 unspecified atom stereocenters. The number of nitrogens with one attached hydrogen (secondary N) is 2. The average Bonchev–Trinajstić information content (AvgIpc) is 3.24. The SMILES string of the molecule is CC1(C)NC(=O)N(C[C@H](O)Cn2c(=O)n(C[C@@H](O)CN3C(=O)NC(C)(C)C3=O)c3ccccc32)C1=O. The highest BCUT2D eigenvalue weighted by molar-refractivity contribution is 6.07. The van der Waals surface area contributed by atoms with Crippen LogP contribution in [0.5, 0.6) is 0 Å². The fraction of sp³-hybridized carbons (Fsp3) is 0.522. The van der Waals surface area contributed by atoms with Crippen molar-refractivity contribution in [3.05, 3.63) is 34.7 Å². The number of urea groups is 2. The molecule has 2 fully saturated rings. The van der Waals surface area contributed by atoms with E-state index in [4.69, 9.17) is 0 Å². The summed E-state index contributed by atoms with van der Waals surface area (Å²) in [5.74, 6) is -0.957. The molecule has 2 aromatic rings. The number of para-hydroxylation sites is 2. The molecule has 3 heterocycles. The van der Waals surface area contributed by atoms with Crippen molar-refractivity contribution in [2.75, 3.05) is 13.1 Å².